The standard InChI is InChI=1S/C25H28FN3O2S/c1-18(27-25(30)21-6-3-4-7-22(21)26)24(23-8-5-17-32-23)29-15-13-28(14-16-29)19-9-11-20(31-2)12-10-19/h3-12,17-18,24H,13-16H2,1-2H3,(H,27,30)/t18-,24+/m0/s1. The van der Waals surface area contributed by atoms with Crippen LogP contribution < -0.4 is 15.0 Å². The average Bonchev–Trinajstić information content (AvgIpc) is 3.34. The summed E-state index contributed by atoms with van der Waals surface area (Å²) in [5, 5.41) is 5.09. The minimum Gasteiger partial charge on any atom is -0.497 e. The molecule has 0 unspecified atom stereocenters. The molecular weight excluding hydrogens is 425 g/mol. The third kappa shape index (κ3) is 4.95. The number of hydrogen-bond acceptors (Lipinski definition) is 5. The van der Waals surface area contributed by atoms with E-state index in [1.54, 1.807) is 30.6 Å². The van der Waals surface area contributed by atoms with Crippen molar-refractivity contribution in [3.63, 3.8) is 0 Å². The van der Waals surface area contributed by atoms with E-state index in [0.717, 1.165) is 31.9 Å². The molecule has 4 rings (SSSR count). The van der Waals surface area contributed by atoms with Crippen molar-refractivity contribution in [1.29, 1.82) is 0 Å². The molecule has 1 N–H and O–H groups in total. The first-order valence-electron chi connectivity index (χ1n) is 10.8. The minimum atomic E-state index is -0.502. The van der Waals surface area contributed by atoms with Crippen LogP contribution in [-0.2, 0) is 0 Å². The number of carbonyl (C=O) groups is 1. The second-order valence-electron chi connectivity index (χ2n) is 7.92. The van der Waals surface area contributed by atoms with Crippen LogP contribution in [0.4, 0.5) is 10.1 Å². The summed E-state index contributed by atoms with van der Waals surface area (Å²) in [6.45, 7) is 5.52. The summed E-state index contributed by atoms with van der Waals surface area (Å²) in [7, 11) is 1.67. The highest BCUT2D eigenvalue weighted by molar-refractivity contribution is 7.10. The van der Waals surface area contributed by atoms with Crippen LogP contribution in [0.15, 0.2) is 66.0 Å². The van der Waals surface area contributed by atoms with Gasteiger partial charge >= 0.3 is 0 Å². The van der Waals surface area contributed by atoms with Crippen molar-refractivity contribution >= 4 is 22.9 Å². The lowest BCUT2D eigenvalue weighted by atomic mass is 10.0. The first kappa shape index (κ1) is 22.3. The van der Waals surface area contributed by atoms with E-state index < -0.39 is 5.82 Å². The number of nitrogens with zero attached hydrogens (tertiary/aromatic N) is 2. The van der Waals surface area contributed by atoms with Gasteiger partial charge in [0.2, 0.25) is 0 Å². The Hall–Kier alpha value is -2.90. The number of piperazine rings is 1. The molecule has 1 saturated heterocycles. The first-order chi connectivity index (χ1) is 15.6. The molecular formula is C25H28FN3O2S. The maximum atomic E-state index is 14.1. The van der Waals surface area contributed by atoms with Gasteiger partial charge in [-0.3, -0.25) is 9.69 Å². The molecule has 0 radical (unpaired) electrons. The predicted molar refractivity (Wildman–Crippen MR) is 127 cm³/mol. The Morgan fingerprint density at radius 3 is 2.38 bits per heavy atom. The molecule has 2 heterocycles. The number of ether oxygens (including phenoxy) is 1. The van der Waals surface area contributed by atoms with E-state index in [4.69, 9.17) is 4.74 Å². The van der Waals surface area contributed by atoms with Crippen molar-refractivity contribution in [3.05, 3.63) is 82.3 Å². The van der Waals surface area contributed by atoms with E-state index in [9.17, 15) is 9.18 Å². The predicted octanol–water partition coefficient (Wildman–Crippen LogP) is 4.58. The SMILES string of the molecule is COc1ccc(N2CCN([C@@H](c3cccs3)[C@H](C)NC(=O)c3ccccc3F)CC2)cc1. The quantitative estimate of drug-likeness (QED) is 0.569. The van der Waals surface area contributed by atoms with Gasteiger partial charge in [0.25, 0.3) is 5.91 Å². The molecule has 1 amide bonds. The molecule has 0 bridgehead atoms. The summed E-state index contributed by atoms with van der Waals surface area (Å²) in [4.78, 5) is 18.7. The van der Waals surface area contributed by atoms with Gasteiger partial charge in [-0.15, -0.1) is 11.3 Å². The van der Waals surface area contributed by atoms with Crippen molar-refractivity contribution in [2.75, 3.05) is 38.2 Å². The number of nitrogens with one attached hydrogen (secondary N) is 1. The molecule has 1 aliphatic heterocycles. The zero-order valence-electron chi connectivity index (χ0n) is 18.3. The molecule has 2 atom stereocenters. The molecule has 1 fully saturated rings. The van der Waals surface area contributed by atoms with E-state index in [1.165, 1.54) is 22.7 Å². The minimum absolute atomic E-state index is 0.0312. The Balaban J connectivity index is 1.45. The number of halogens is 1. The largest absolute Gasteiger partial charge is 0.497 e. The van der Waals surface area contributed by atoms with Gasteiger partial charge in [-0.05, 0) is 54.8 Å². The van der Waals surface area contributed by atoms with Gasteiger partial charge in [-0.2, -0.15) is 0 Å². The third-order valence-electron chi connectivity index (χ3n) is 5.93. The summed E-state index contributed by atoms with van der Waals surface area (Å²) >= 11 is 1.69. The highest BCUT2D eigenvalue weighted by Crippen LogP contribution is 2.30. The van der Waals surface area contributed by atoms with Gasteiger partial charge in [0, 0.05) is 42.8 Å². The first-order valence-corrected chi connectivity index (χ1v) is 11.7. The van der Waals surface area contributed by atoms with Crippen LogP contribution in [0.1, 0.15) is 28.2 Å². The van der Waals surface area contributed by atoms with Crippen molar-refractivity contribution in [3.8, 4) is 5.75 Å². The Bertz CT molecular complexity index is 1020. The highest BCUT2D eigenvalue weighted by Gasteiger charge is 2.31. The zero-order chi connectivity index (χ0) is 22.5. The number of methoxy groups -OCH3 is 1. The number of amides is 1. The lowest BCUT2D eigenvalue weighted by molar-refractivity contribution is 0.0886. The zero-order valence-corrected chi connectivity index (χ0v) is 19.1. The van der Waals surface area contributed by atoms with Crippen molar-refractivity contribution in [1.82, 2.24) is 10.2 Å². The maximum absolute atomic E-state index is 14.1. The lowest BCUT2D eigenvalue weighted by Gasteiger charge is -2.42. The van der Waals surface area contributed by atoms with Crippen LogP contribution in [0.25, 0.3) is 0 Å². The van der Waals surface area contributed by atoms with Gasteiger partial charge in [0.05, 0.1) is 18.7 Å². The summed E-state index contributed by atoms with van der Waals surface area (Å²) in [6, 6.07) is 18.2. The molecule has 0 saturated carbocycles. The van der Waals surface area contributed by atoms with E-state index in [2.05, 4.69) is 38.7 Å². The third-order valence-corrected chi connectivity index (χ3v) is 6.87. The summed E-state index contributed by atoms with van der Waals surface area (Å²) in [6.07, 6.45) is 0. The molecule has 0 aliphatic carbocycles. The summed E-state index contributed by atoms with van der Waals surface area (Å²) in [5.74, 6) is -0.0310. The van der Waals surface area contributed by atoms with Crippen LogP contribution >= 0.6 is 11.3 Å². The fourth-order valence-corrected chi connectivity index (χ4v) is 5.23. The Labute approximate surface area is 192 Å². The van der Waals surface area contributed by atoms with Crippen molar-refractivity contribution < 1.29 is 13.9 Å². The van der Waals surface area contributed by atoms with Crippen LogP contribution in [-0.4, -0.2) is 50.1 Å². The van der Waals surface area contributed by atoms with E-state index in [0.29, 0.717) is 0 Å². The molecule has 2 aromatic carbocycles. The number of carbonyl (C=O) groups excluding carboxylic acids is 1. The molecule has 5 nitrogen and oxygen atoms in total. The summed E-state index contributed by atoms with van der Waals surface area (Å²) in [5.41, 5.74) is 1.26. The van der Waals surface area contributed by atoms with E-state index >= 15 is 0 Å². The maximum Gasteiger partial charge on any atom is 0.254 e. The number of rotatable bonds is 7. The number of anilines is 1. The lowest BCUT2D eigenvalue weighted by Crippen LogP contribution is -2.52. The molecule has 1 aromatic heterocycles. The van der Waals surface area contributed by atoms with Gasteiger partial charge in [0.15, 0.2) is 0 Å². The molecule has 3 aromatic rings. The van der Waals surface area contributed by atoms with Gasteiger partial charge in [0.1, 0.15) is 11.6 Å². The molecule has 1 aliphatic rings. The number of hydrogen-bond donors (Lipinski definition) is 1. The molecule has 7 heteroatoms. The molecule has 0 spiro atoms. The van der Waals surface area contributed by atoms with E-state index in [-0.39, 0.29) is 23.6 Å². The monoisotopic (exact) mass is 453 g/mol. The smallest absolute Gasteiger partial charge is 0.254 e. The second-order valence-corrected chi connectivity index (χ2v) is 8.90. The Morgan fingerprint density at radius 2 is 1.75 bits per heavy atom. The number of thiophene rings is 1. The topological polar surface area (TPSA) is 44.8 Å². The summed E-state index contributed by atoms with van der Waals surface area (Å²) < 4.78 is 19.3. The fourth-order valence-electron chi connectivity index (χ4n) is 4.26. The van der Waals surface area contributed by atoms with Crippen molar-refractivity contribution in [2.24, 2.45) is 0 Å². The van der Waals surface area contributed by atoms with Gasteiger partial charge in [-0.25, -0.2) is 4.39 Å². The average molecular weight is 454 g/mol. The van der Waals surface area contributed by atoms with Gasteiger partial charge < -0.3 is 15.0 Å². The van der Waals surface area contributed by atoms with Crippen LogP contribution in [0.2, 0.25) is 0 Å². The number of benzene rings is 2. The van der Waals surface area contributed by atoms with Crippen LogP contribution in [0.3, 0.4) is 0 Å². The Kier molecular flexibility index (Phi) is 7.07. The molecule has 168 valence electrons. The van der Waals surface area contributed by atoms with E-state index in [1.807, 2.05) is 25.1 Å². The fraction of sp³-hybridized carbons (Fsp3) is 0.320. The second kappa shape index (κ2) is 10.1. The van der Waals surface area contributed by atoms with Crippen LogP contribution in [0, 0.1) is 5.82 Å². The van der Waals surface area contributed by atoms with Gasteiger partial charge in [-0.1, -0.05) is 18.2 Å². The highest BCUT2D eigenvalue weighted by atomic mass is 32.1. The molecule has 32 heavy (non-hydrogen) atoms. The van der Waals surface area contributed by atoms with Crippen molar-refractivity contribution in [2.45, 2.75) is 19.0 Å². The van der Waals surface area contributed by atoms with Crippen LogP contribution in [0.5, 0.6) is 5.75 Å². The Morgan fingerprint density at radius 1 is 1.03 bits per heavy atom. The normalized spacial score (nSPS) is 16.4.